The predicted molar refractivity (Wildman–Crippen MR) is 126 cm³/mol. The Balaban J connectivity index is 2.48. The van der Waals surface area contributed by atoms with Crippen molar-refractivity contribution < 1.29 is 0 Å². The minimum atomic E-state index is -0.390. The molecule has 0 aliphatic heterocycles. The summed E-state index contributed by atoms with van der Waals surface area (Å²) in [6.07, 6.45) is 0. The van der Waals surface area contributed by atoms with Crippen LogP contribution in [0.5, 0.6) is 0 Å². The van der Waals surface area contributed by atoms with E-state index in [0.717, 1.165) is 20.4 Å². The summed E-state index contributed by atoms with van der Waals surface area (Å²) in [5.41, 5.74) is 7.13. The molecule has 27 heavy (non-hydrogen) atoms. The summed E-state index contributed by atoms with van der Waals surface area (Å²) in [6, 6.07) is 7.85. The molecule has 0 atom stereocenters. The van der Waals surface area contributed by atoms with Crippen LogP contribution in [0.25, 0.3) is 22.0 Å². The molecule has 0 amide bonds. The lowest BCUT2D eigenvalue weighted by atomic mass is 10.0. The number of aryl methyl sites for hydroxylation is 1. The van der Waals surface area contributed by atoms with Crippen LogP contribution in [0.3, 0.4) is 0 Å². The zero-order valence-electron chi connectivity index (χ0n) is 13.6. The number of hydrazine groups is 1. The molecule has 1 aromatic heterocycles. The predicted octanol–water partition coefficient (Wildman–Crippen LogP) is 4.71. The van der Waals surface area contributed by atoms with Crippen molar-refractivity contribution in [2.45, 2.75) is 6.92 Å². The molecule has 0 aliphatic carbocycles. The molecule has 0 saturated heterocycles. The number of halogens is 4. The van der Waals surface area contributed by atoms with E-state index in [-0.39, 0.29) is 10.7 Å². The maximum atomic E-state index is 13.1. The standard InChI is InChI=1S/C16H11Br4N5OS/c1-6-2-4-7(5-3-6)14-8-9(11(18)13(20)12(19)10(8)17)15(26)25(23-14)24-16(27)22-21/h2-5H,21H2,1H3,(H2,22,24,27). The minimum absolute atomic E-state index is 0.0603. The van der Waals surface area contributed by atoms with Gasteiger partial charge in [-0.2, -0.15) is 0 Å². The molecule has 0 aliphatic rings. The number of hydrogen-bond donors (Lipinski definition) is 3. The maximum absolute atomic E-state index is 13.1. The van der Waals surface area contributed by atoms with E-state index >= 15 is 0 Å². The highest BCUT2D eigenvalue weighted by Gasteiger charge is 2.22. The molecule has 2 aromatic carbocycles. The summed E-state index contributed by atoms with van der Waals surface area (Å²) < 4.78 is 2.77. The first-order chi connectivity index (χ1) is 12.8. The van der Waals surface area contributed by atoms with Gasteiger partial charge in [-0.1, -0.05) is 29.8 Å². The van der Waals surface area contributed by atoms with Crippen molar-refractivity contribution in [1.29, 1.82) is 0 Å². The van der Waals surface area contributed by atoms with E-state index < -0.39 is 0 Å². The number of nitrogens with one attached hydrogen (secondary N) is 2. The number of fused-ring (bicyclic) bond motifs is 1. The van der Waals surface area contributed by atoms with Crippen LogP contribution in [-0.2, 0) is 0 Å². The summed E-state index contributed by atoms with van der Waals surface area (Å²) in [6.45, 7) is 2.00. The Morgan fingerprint density at radius 1 is 1.04 bits per heavy atom. The summed E-state index contributed by atoms with van der Waals surface area (Å²) in [4.78, 5) is 14.1. The molecule has 11 heteroatoms. The molecular weight excluding hydrogens is 630 g/mol. The van der Waals surface area contributed by atoms with Gasteiger partial charge in [-0.25, -0.2) is 11.3 Å². The SMILES string of the molecule is Cc1ccc(-c2nn(NC(=S)NN)c(=O)c3c(Br)c(Br)c(Br)c(Br)c23)cc1. The summed E-state index contributed by atoms with van der Waals surface area (Å²) in [5, 5.41) is 5.63. The molecule has 3 rings (SSSR count). The lowest BCUT2D eigenvalue weighted by molar-refractivity contribution is 0.758. The van der Waals surface area contributed by atoms with Crippen LogP contribution in [0.4, 0.5) is 0 Å². The molecule has 0 unspecified atom stereocenters. The first kappa shape index (κ1) is 20.9. The molecule has 3 aromatic rings. The van der Waals surface area contributed by atoms with Crippen molar-refractivity contribution in [2.75, 3.05) is 5.43 Å². The minimum Gasteiger partial charge on any atom is -0.300 e. The number of nitrogens with zero attached hydrogens (tertiary/aromatic N) is 2. The highest BCUT2D eigenvalue weighted by molar-refractivity contribution is 9.15. The van der Waals surface area contributed by atoms with Crippen molar-refractivity contribution >= 4 is 91.8 Å². The molecule has 0 radical (unpaired) electrons. The quantitative estimate of drug-likeness (QED) is 0.124. The van der Waals surface area contributed by atoms with Crippen LogP contribution in [-0.4, -0.2) is 15.0 Å². The number of thiocarbonyl (C=S) groups is 1. The van der Waals surface area contributed by atoms with Gasteiger partial charge in [0.2, 0.25) is 5.11 Å². The zero-order chi connectivity index (χ0) is 19.9. The third-order valence-corrected chi connectivity index (χ3v) is 8.75. The molecular formula is C16H11Br4N5OS. The smallest absolute Gasteiger partial charge is 0.295 e. The maximum Gasteiger partial charge on any atom is 0.295 e. The summed E-state index contributed by atoms with van der Waals surface area (Å²) >= 11 is 19.2. The number of aromatic nitrogens is 2. The van der Waals surface area contributed by atoms with E-state index in [1.54, 1.807) is 0 Å². The Morgan fingerprint density at radius 3 is 2.15 bits per heavy atom. The van der Waals surface area contributed by atoms with Crippen LogP contribution in [0.15, 0.2) is 47.0 Å². The van der Waals surface area contributed by atoms with E-state index in [1.165, 1.54) is 0 Å². The molecule has 4 N–H and O–H groups in total. The third-order valence-electron chi connectivity index (χ3n) is 3.77. The monoisotopic (exact) mass is 637 g/mol. The topological polar surface area (TPSA) is 85.0 Å². The van der Waals surface area contributed by atoms with Gasteiger partial charge in [0.15, 0.2) is 0 Å². The van der Waals surface area contributed by atoms with Crippen LogP contribution in [0, 0.1) is 6.92 Å². The lowest BCUT2D eigenvalue weighted by Gasteiger charge is -2.16. The van der Waals surface area contributed by atoms with E-state index in [1.807, 2.05) is 31.2 Å². The number of benzene rings is 2. The molecule has 0 saturated carbocycles. The van der Waals surface area contributed by atoms with Gasteiger partial charge < -0.3 is 0 Å². The van der Waals surface area contributed by atoms with Crippen LogP contribution < -0.4 is 22.3 Å². The van der Waals surface area contributed by atoms with Crippen molar-refractivity contribution in [2.24, 2.45) is 5.84 Å². The van der Waals surface area contributed by atoms with E-state index in [4.69, 9.17) is 18.1 Å². The second-order valence-electron chi connectivity index (χ2n) is 5.52. The Kier molecular flexibility index (Phi) is 6.38. The van der Waals surface area contributed by atoms with Gasteiger partial charge in [-0.3, -0.25) is 10.2 Å². The van der Waals surface area contributed by atoms with Gasteiger partial charge in [-0.05, 0) is 82.9 Å². The van der Waals surface area contributed by atoms with Crippen molar-refractivity contribution in [1.82, 2.24) is 15.3 Å². The molecule has 1 heterocycles. The largest absolute Gasteiger partial charge is 0.300 e. The van der Waals surface area contributed by atoms with E-state index in [2.05, 4.69) is 79.7 Å². The number of nitrogens with two attached hydrogens (primary N) is 1. The van der Waals surface area contributed by atoms with Crippen molar-refractivity contribution in [3.05, 3.63) is 58.1 Å². The van der Waals surface area contributed by atoms with E-state index in [0.29, 0.717) is 29.9 Å². The highest BCUT2D eigenvalue weighted by atomic mass is 79.9. The van der Waals surface area contributed by atoms with Crippen molar-refractivity contribution in [3.8, 4) is 11.3 Å². The Bertz CT molecular complexity index is 1130. The van der Waals surface area contributed by atoms with Gasteiger partial charge in [0.05, 0.1) is 5.39 Å². The average molecular weight is 641 g/mol. The Morgan fingerprint density at radius 2 is 1.59 bits per heavy atom. The number of hydrogen-bond acceptors (Lipinski definition) is 4. The fraction of sp³-hybridized carbons (Fsp3) is 0.0625. The lowest BCUT2D eigenvalue weighted by Crippen LogP contribution is -2.43. The average Bonchev–Trinajstić information content (AvgIpc) is 2.66. The van der Waals surface area contributed by atoms with Gasteiger partial charge in [0.25, 0.3) is 5.56 Å². The zero-order valence-corrected chi connectivity index (χ0v) is 20.8. The Hall–Kier alpha value is -0.850. The van der Waals surface area contributed by atoms with Gasteiger partial charge >= 0.3 is 0 Å². The van der Waals surface area contributed by atoms with Crippen LogP contribution in [0.2, 0.25) is 0 Å². The third kappa shape index (κ3) is 3.85. The van der Waals surface area contributed by atoms with Crippen LogP contribution >= 0.6 is 75.9 Å². The fourth-order valence-electron chi connectivity index (χ4n) is 2.47. The molecule has 140 valence electrons. The first-order valence-electron chi connectivity index (χ1n) is 7.40. The number of rotatable bonds is 2. The van der Waals surface area contributed by atoms with Gasteiger partial charge in [0.1, 0.15) is 5.69 Å². The first-order valence-corrected chi connectivity index (χ1v) is 11.0. The van der Waals surface area contributed by atoms with Crippen LogP contribution in [0.1, 0.15) is 5.56 Å². The van der Waals surface area contributed by atoms with Gasteiger partial charge in [-0.15, -0.1) is 9.89 Å². The molecule has 6 nitrogen and oxygen atoms in total. The van der Waals surface area contributed by atoms with Crippen molar-refractivity contribution in [3.63, 3.8) is 0 Å². The fourth-order valence-corrected chi connectivity index (χ4v) is 5.04. The second-order valence-corrected chi connectivity index (χ2v) is 9.10. The van der Waals surface area contributed by atoms with Gasteiger partial charge in [0, 0.05) is 28.8 Å². The second kappa shape index (κ2) is 8.26. The van der Waals surface area contributed by atoms with E-state index in [9.17, 15) is 4.79 Å². The summed E-state index contributed by atoms with van der Waals surface area (Å²) in [5.74, 6) is 5.32. The molecule has 0 fully saturated rings. The molecule has 0 bridgehead atoms. The normalized spacial score (nSPS) is 10.9. The Labute approximate surface area is 193 Å². The molecule has 0 spiro atoms. The highest BCUT2D eigenvalue weighted by Crippen LogP contribution is 2.44. The summed E-state index contributed by atoms with van der Waals surface area (Å²) in [7, 11) is 0.